The molecule has 0 fully saturated rings. The quantitative estimate of drug-likeness (QED) is 0.594. The van der Waals surface area contributed by atoms with Crippen LogP contribution in [0.25, 0.3) is 0 Å². The number of aliphatic hydroxyl groups is 1. The summed E-state index contributed by atoms with van der Waals surface area (Å²) in [5.74, 6) is 4.07. The molecule has 1 aromatic carbocycles. The molecular formula is C16H20FNO3. The monoisotopic (exact) mass is 293 g/mol. The lowest BCUT2D eigenvalue weighted by atomic mass is 10.1. The molecule has 0 aliphatic rings. The number of amides is 1. The number of carbonyl (C=O) groups excluding carboxylic acids is 1. The van der Waals surface area contributed by atoms with E-state index in [1.807, 2.05) is 0 Å². The molecule has 1 rings (SSSR count). The standard InChI is InChI=1S/C16H20FNO3/c1-21-11-4-2-3-9-18-16(20)14-12-13(6-5-10-19)7-8-15(14)17/h7-8,12,19H,2-4,9-11H2,1H3,(H,18,20). The van der Waals surface area contributed by atoms with Crippen molar-refractivity contribution in [3.63, 3.8) is 0 Å². The van der Waals surface area contributed by atoms with Crippen LogP contribution in [-0.4, -0.2) is 37.9 Å². The first-order valence-electron chi connectivity index (χ1n) is 6.85. The van der Waals surface area contributed by atoms with Crippen LogP contribution in [0.1, 0.15) is 35.2 Å². The highest BCUT2D eigenvalue weighted by Crippen LogP contribution is 2.10. The zero-order chi connectivity index (χ0) is 15.5. The van der Waals surface area contributed by atoms with Gasteiger partial charge < -0.3 is 15.2 Å². The summed E-state index contributed by atoms with van der Waals surface area (Å²) in [6, 6.07) is 4.06. The van der Waals surface area contributed by atoms with E-state index < -0.39 is 11.7 Å². The Morgan fingerprint density at radius 3 is 2.90 bits per heavy atom. The first kappa shape index (κ1) is 17.2. The number of hydrogen-bond acceptors (Lipinski definition) is 3. The number of ether oxygens (including phenoxy) is 1. The third kappa shape index (κ3) is 6.39. The minimum Gasteiger partial charge on any atom is -0.385 e. The van der Waals surface area contributed by atoms with Gasteiger partial charge in [0, 0.05) is 25.8 Å². The van der Waals surface area contributed by atoms with Crippen molar-refractivity contribution in [3.05, 3.63) is 35.1 Å². The van der Waals surface area contributed by atoms with Gasteiger partial charge in [-0.1, -0.05) is 11.8 Å². The lowest BCUT2D eigenvalue weighted by Gasteiger charge is -2.06. The highest BCUT2D eigenvalue weighted by Gasteiger charge is 2.11. The molecule has 0 atom stereocenters. The first-order chi connectivity index (χ1) is 10.2. The summed E-state index contributed by atoms with van der Waals surface area (Å²) in [4.78, 5) is 11.9. The molecule has 0 radical (unpaired) electrons. The molecule has 0 unspecified atom stereocenters. The van der Waals surface area contributed by atoms with Crippen molar-refractivity contribution in [2.75, 3.05) is 26.9 Å². The Bertz CT molecular complexity index is 520. The van der Waals surface area contributed by atoms with Gasteiger partial charge in [0.1, 0.15) is 12.4 Å². The molecule has 0 bridgehead atoms. The van der Waals surface area contributed by atoms with E-state index in [9.17, 15) is 9.18 Å². The van der Waals surface area contributed by atoms with Gasteiger partial charge in [0.25, 0.3) is 5.91 Å². The summed E-state index contributed by atoms with van der Waals surface area (Å²) < 4.78 is 18.6. The molecule has 0 spiro atoms. The van der Waals surface area contributed by atoms with Gasteiger partial charge in [-0.2, -0.15) is 0 Å². The van der Waals surface area contributed by atoms with E-state index in [2.05, 4.69) is 17.2 Å². The van der Waals surface area contributed by atoms with E-state index in [1.165, 1.54) is 18.2 Å². The van der Waals surface area contributed by atoms with Crippen LogP contribution in [-0.2, 0) is 4.74 Å². The van der Waals surface area contributed by atoms with E-state index in [0.717, 1.165) is 19.3 Å². The summed E-state index contributed by atoms with van der Waals surface area (Å²) in [7, 11) is 1.65. The molecule has 0 saturated heterocycles. The maximum atomic E-state index is 13.6. The van der Waals surface area contributed by atoms with E-state index >= 15 is 0 Å². The van der Waals surface area contributed by atoms with Crippen LogP contribution >= 0.6 is 0 Å². The van der Waals surface area contributed by atoms with Gasteiger partial charge in [0.15, 0.2) is 0 Å². The normalized spacial score (nSPS) is 9.86. The van der Waals surface area contributed by atoms with Crippen molar-refractivity contribution in [2.45, 2.75) is 19.3 Å². The van der Waals surface area contributed by atoms with Gasteiger partial charge in [-0.15, -0.1) is 0 Å². The van der Waals surface area contributed by atoms with Gasteiger partial charge in [-0.05, 0) is 37.5 Å². The summed E-state index contributed by atoms with van der Waals surface area (Å²) in [6.45, 7) is 0.920. The fraction of sp³-hybridized carbons (Fsp3) is 0.438. The number of hydrogen-bond donors (Lipinski definition) is 2. The Kier molecular flexibility index (Phi) is 8.10. The number of rotatable bonds is 7. The summed E-state index contributed by atoms with van der Waals surface area (Å²) in [5, 5.41) is 11.3. The number of benzene rings is 1. The van der Waals surface area contributed by atoms with Crippen molar-refractivity contribution in [3.8, 4) is 11.8 Å². The van der Waals surface area contributed by atoms with E-state index in [4.69, 9.17) is 9.84 Å². The molecule has 4 nitrogen and oxygen atoms in total. The maximum absolute atomic E-state index is 13.6. The molecule has 0 heterocycles. The van der Waals surface area contributed by atoms with E-state index in [0.29, 0.717) is 18.7 Å². The minimum absolute atomic E-state index is 0.0309. The number of halogens is 1. The topological polar surface area (TPSA) is 58.6 Å². The summed E-state index contributed by atoms with van der Waals surface area (Å²) in [5.41, 5.74) is 0.465. The number of aliphatic hydroxyl groups excluding tert-OH is 1. The Morgan fingerprint density at radius 2 is 2.19 bits per heavy atom. The lowest BCUT2D eigenvalue weighted by molar-refractivity contribution is 0.0948. The number of unbranched alkanes of at least 4 members (excludes halogenated alkanes) is 2. The molecule has 1 amide bonds. The molecule has 1 aromatic rings. The van der Waals surface area contributed by atoms with Crippen LogP contribution in [0.15, 0.2) is 18.2 Å². The Morgan fingerprint density at radius 1 is 1.38 bits per heavy atom. The molecule has 5 heteroatoms. The zero-order valence-electron chi connectivity index (χ0n) is 12.1. The van der Waals surface area contributed by atoms with E-state index in [1.54, 1.807) is 7.11 Å². The molecular weight excluding hydrogens is 273 g/mol. The second kappa shape index (κ2) is 9.92. The Labute approximate surface area is 124 Å². The third-order valence-corrected chi connectivity index (χ3v) is 2.83. The number of methoxy groups -OCH3 is 1. The number of carbonyl (C=O) groups is 1. The minimum atomic E-state index is -0.582. The molecule has 21 heavy (non-hydrogen) atoms. The Hall–Kier alpha value is -1.90. The van der Waals surface area contributed by atoms with Crippen molar-refractivity contribution < 1.29 is 19.0 Å². The van der Waals surface area contributed by atoms with Gasteiger partial charge in [0.05, 0.1) is 5.56 Å². The fourth-order valence-corrected chi connectivity index (χ4v) is 1.76. The van der Waals surface area contributed by atoms with Crippen LogP contribution in [0, 0.1) is 17.7 Å². The largest absolute Gasteiger partial charge is 0.385 e. The summed E-state index contributed by atoms with van der Waals surface area (Å²) in [6.07, 6.45) is 2.70. The second-order valence-corrected chi connectivity index (χ2v) is 4.46. The van der Waals surface area contributed by atoms with Crippen molar-refractivity contribution in [2.24, 2.45) is 0 Å². The Balaban J connectivity index is 2.53. The number of nitrogens with one attached hydrogen (secondary N) is 1. The highest BCUT2D eigenvalue weighted by atomic mass is 19.1. The van der Waals surface area contributed by atoms with Gasteiger partial charge >= 0.3 is 0 Å². The predicted octanol–water partition coefficient (Wildman–Crippen LogP) is 1.72. The van der Waals surface area contributed by atoms with Gasteiger partial charge in [-0.3, -0.25) is 4.79 Å². The van der Waals surface area contributed by atoms with Crippen LogP contribution in [0.3, 0.4) is 0 Å². The fourth-order valence-electron chi connectivity index (χ4n) is 1.76. The van der Waals surface area contributed by atoms with E-state index in [-0.39, 0.29) is 12.2 Å². The van der Waals surface area contributed by atoms with Crippen LogP contribution in [0.2, 0.25) is 0 Å². The third-order valence-electron chi connectivity index (χ3n) is 2.83. The average Bonchev–Trinajstić information content (AvgIpc) is 2.49. The highest BCUT2D eigenvalue weighted by molar-refractivity contribution is 5.94. The van der Waals surface area contributed by atoms with Gasteiger partial charge in [0.2, 0.25) is 0 Å². The van der Waals surface area contributed by atoms with Crippen LogP contribution in [0.5, 0.6) is 0 Å². The smallest absolute Gasteiger partial charge is 0.254 e. The SMILES string of the molecule is COCCCCCNC(=O)c1cc(C#CCO)ccc1F. The van der Waals surface area contributed by atoms with Crippen LogP contribution in [0.4, 0.5) is 4.39 Å². The molecule has 2 N–H and O–H groups in total. The van der Waals surface area contributed by atoms with Crippen molar-refractivity contribution in [1.82, 2.24) is 5.32 Å². The van der Waals surface area contributed by atoms with Crippen molar-refractivity contribution in [1.29, 1.82) is 0 Å². The molecule has 0 aromatic heterocycles. The molecule has 0 aliphatic carbocycles. The van der Waals surface area contributed by atoms with Crippen LogP contribution < -0.4 is 5.32 Å². The lowest BCUT2D eigenvalue weighted by Crippen LogP contribution is -2.25. The molecule has 0 aliphatic heterocycles. The zero-order valence-corrected chi connectivity index (χ0v) is 12.1. The van der Waals surface area contributed by atoms with Gasteiger partial charge in [-0.25, -0.2) is 4.39 Å². The summed E-state index contributed by atoms with van der Waals surface area (Å²) >= 11 is 0. The maximum Gasteiger partial charge on any atom is 0.254 e. The average molecular weight is 293 g/mol. The van der Waals surface area contributed by atoms with Crippen molar-refractivity contribution >= 4 is 5.91 Å². The predicted molar refractivity (Wildman–Crippen MR) is 78.4 cm³/mol. The molecule has 114 valence electrons. The molecule has 0 saturated carbocycles. The first-order valence-corrected chi connectivity index (χ1v) is 6.85. The second-order valence-electron chi connectivity index (χ2n) is 4.46.